The number of halogens is 1. The fourth-order valence-corrected chi connectivity index (χ4v) is 1.95. The molecule has 0 bridgehead atoms. The van der Waals surface area contributed by atoms with Crippen molar-refractivity contribution >= 4 is 23.2 Å². The lowest BCUT2D eigenvalue weighted by Crippen LogP contribution is -2.19. The Morgan fingerprint density at radius 1 is 1.09 bits per heavy atom. The van der Waals surface area contributed by atoms with E-state index in [9.17, 15) is 4.79 Å². The zero-order valence-corrected chi connectivity index (χ0v) is 13.2. The molecule has 0 saturated carbocycles. The van der Waals surface area contributed by atoms with Crippen molar-refractivity contribution in [2.45, 2.75) is 13.8 Å². The van der Waals surface area contributed by atoms with Gasteiger partial charge in [0.2, 0.25) is 0 Å². The summed E-state index contributed by atoms with van der Waals surface area (Å²) in [4.78, 5) is 11.9. The SMILES string of the molecule is CCOc1ccc(C(C)=NNC(=O)c2ccc(Cl)cc2)cc1. The minimum absolute atomic E-state index is 0.276. The quantitative estimate of drug-likeness (QED) is 0.672. The Balaban J connectivity index is 2.02. The molecule has 0 fully saturated rings. The summed E-state index contributed by atoms with van der Waals surface area (Å²) in [6.07, 6.45) is 0. The van der Waals surface area contributed by atoms with Crippen molar-refractivity contribution in [1.82, 2.24) is 5.43 Å². The van der Waals surface area contributed by atoms with Crippen LogP contribution in [0.5, 0.6) is 5.75 Å². The van der Waals surface area contributed by atoms with E-state index >= 15 is 0 Å². The summed E-state index contributed by atoms with van der Waals surface area (Å²) in [7, 11) is 0. The van der Waals surface area contributed by atoms with Gasteiger partial charge in [0.15, 0.2) is 0 Å². The molecular weight excluding hydrogens is 300 g/mol. The van der Waals surface area contributed by atoms with E-state index in [4.69, 9.17) is 16.3 Å². The summed E-state index contributed by atoms with van der Waals surface area (Å²) in [6, 6.07) is 14.2. The average Bonchev–Trinajstić information content (AvgIpc) is 2.54. The molecule has 1 N–H and O–H groups in total. The van der Waals surface area contributed by atoms with Crippen LogP contribution in [0.2, 0.25) is 5.02 Å². The van der Waals surface area contributed by atoms with Crippen LogP contribution in [0.4, 0.5) is 0 Å². The van der Waals surface area contributed by atoms with E-state index < -0.39 is 0 Å². The highest BCUT2D eigenvalue weighted by Gasteiger charge is 2.05. The molecule has 0 unspecified atom stereocenters. The van der Waals surface area contributed by atoms with Crippen molar-refractivity contribution in [3.8, 4) is 5.75 Å². The van der Waals surface area contributed by atoms with Crippen molar-refractivity contribution in [3.63, 3.8) is 0 Å². The topological polar surface area (TPSA) is 50.7 Å². The Morgan fingerprint density at radius 2 is 1.68 bits per heavy atom. The van der Waals surface area contributed by atoms with Crippen LogP contribution in [0.25, 0.3) is 0 Å². The van der Waals surface area contributed by atoms with E-state index in [0.29, 0.717) is 22.9 Å². The van der Waals surface area contributed by atoms with E-state index in [-0.39, 0.29) is 5.91 Å². The molecule has 0 radical (unpaired) electrons. The van der Waals surface area contributed by atoms with Crippen LogP contribution in [0, 0.1) is 0 Å². The average molecular weight is 317 g/mol. The van der Waals surface area contributed by atoms with Gasteiger partial charge in [0.1, 0.15) is 5.75 Å². The second kappa shape index (κ2) is 7.61. The highest BCUT2D eigenvalue weighted by molar-refractivity contribution is 6.30. The number of ether oxygens (including phenoxy) is 1. The van der Waals surface area contributed by atoms with Crippen molar-refractivity contribution in [3.05, 3.63) is 64.7 Å². The van der Waals surface area contributed by atoms with Gasteiger partial charge in [-0.25, -0.2) is 5.43 Å². The molecule has 0 saturated heterocycles. The minimum atomic E-state index is -0.276. The first-order chi connectivity index (χ1) is 10.6. The Kier molecular flexibility index (Phi) is 5.55. The first-order valence-corrected chi connectivity index (χ1v) is 7.31. The number of carbonyl (C=O) groups is 1. The predicted octanol–water partition coefficient (Wildman–Crippen LogP) is 3.89. The molecule has 0 spiro atoms. The molecule has 2 aromatic rings. The number of carbonyl (C=O) groups excluding carboxylic acids is 1. The number of amides is 1. The minimum Gasteiger partial charge on any atom is -0.494 e. The molecule has 0 heterocycles. The molecule has 0 aliphatic heterocycles. The second-order valence-corrected chi connectivity index (χ2v) is 5.04. The van der Waals surface area contributed by atoms with Crippen LogP contribution in [0.1, 0.15) is 29.8 Å². The smallest absolute Gasteiger partial charge is 0.271 e. The molecule has 5 heteroatoms. The molecule has 22 heavy (non-hydrogen) atoms. The van der Waals surface area contributed by atoms with Gasteiger partial charge in [-0.15, -0.1) is 0 Å². The maximum absolute atomic E-state index is 11.9. The summed E-state index contributed by atoms with van der Waals surface area (Å²) in [6.45, 7) is 4.40. The zero-order valence-electron chi connectivity index (χ0n) is 12.5. The maximum atomic E-state index is 11.9. The monoisotopic (exact) mass is 316 g/mol. The number of rotatable bonds is 5. The fraction of sp³-hybridized carbons (Fsp3) is 0.176. The Bertz CT molecular complexity index is 664. The Hall–Kier alpha value is -2.33. The van der Waals surface area contributed by atoms with Crippen molar-refractivity contribution in [2.24, 2.45) is 5.10 Å². The zero-order chi connectivity index (χ0) is 15.9. The summed E-state index contributed by atoms with van der Waals surface area (Å²) in [5.41, 5.74) is 4.67. The first-order valence-electron chi connectivity index (χ1n) is 6.93. The third-order valence-corrected chi connectivity index (χ3v) is 3.27. The van der Waals surface area contributed by atoms with Crippen LogP contribution < -0.4 is 10.2 Å². The Labute approximate surface area is 134 Å². The normalized spacial score (nSPS) is 11.1. The molecular formula is C17H17ClN2O2. The molecule has 4 nitrogen and oxygen atoms in total. The van der Waals surface area contributed by atoms with Gasteiger partial charge in [-0.05, 0) is 67.9 Å². The summed E-state index contributed by atoms with van der Waals surface area (Å²) in [5, 5.41) is 4.70. The third kappa shape index (κ3) is 4.33. The van der Waals surface area contributed by atoms with Crippen LogP contribution in [0.3, 0.4) is 0 Å². The molecule has 0 aromatic heterocycles. The fourth-order valence-electron chi connectivity index (χ4n) is 1.82. The highest BCUT2D eigenvalue weighted by atomic mass is 35.5. The second-order valence-electron chi connectivity index (χ2n) is 4.60. The van der Waals surface area contributed by atoms with Crippen molar-refractivity contribution in [2.75, 3.05) is 6.61 Å². The van der Waals surface area contributed by atoms with E-state index in [0.717, 1.165) is 11.3 Å². The summed E-state index contributed by atoms with van der Waals surface area (Å²) >= 11 is 5.79. The largest absolute Gasteiger partial charge is 0.494 e. The molecule has 0 aliphatic rings. The number of hydrogen-bond donors (Lipinski definition) is 1. The first kappa shape index (κ1) is 16.0. The van der Waals surface area contributed by atoms with E-state index in [1.165, 1.54) is 0 Å². The molecule has 0 aliphatic carbocycles. The van der Waals surface area contributed by atoms with E-state index in [1.54, 1.807) is 24.3 Å². The molecule has 1 amide bonds. The number of hydrazone groups is 1. The molecule has 114 valence electrons. The van der Waals surface area contributed by atoms with Gasteiger partial charge in [0, 0.05) is 10.6 Å². The van der Waals surface area contributed by atoms with Crippen molar-refractivity contribution < 1.29 is 9.53 Å². The van der Waals surface area contributed by atoms with Gasteiger partial charge in [-0.3, -0.25) is 4.79 Å². The lowest BCUT2D eigenvalue weighted by molar-refractivity contribution is 0.0955. The standard InChI is InChI=1S/C17H17ClN2O2/c1-3-22-16-10-6-13(7-11-16)12(2)19-20-17(21)14-4-8-15(18)9-5-14/h4-11H,3H2,1-2H3,(H,20,21). The number of benzene rings is 2. The van der Waals surface area contributed by atoms with Gasteiger partial charge < -0.3 is 4.74 Å². The van der Waals surface area contributed by atoms with Gasteiger partial charge in [-0.2, -0.15) is 5.10 Å². The molecule has 0 atom stereocenters. The van der Waals surface area contributed by atoms with Gasteiger partial charge >= 0.3 is 0 Å². The van der Waals surface area contributed by atoms with Crippen LogP contribution in [-0.2, 0) is 0 Å². The molecule has 2 aromatic carbocycles. The van der Waals surface area contributed by atoms with Crippen LogP contribution in [0.15, 0.2) is 53.6 Å². The van der Waals surface area contributed by atoms with Gasteiger partial charge in [-0.1, -0.05) is 11.6 Å². The van der Waals surface area contributed by atoms with E-state index in [2.05, 4.69) is 10.5 Å². The molecule has 2 rings (SSSR count). The maximum Gasteiger partial charge on any atom is 0.271 e. The van der Waals surface area contributed by atoms with Crippen molar-refractivity contribution in [1.29, 1.82) is 0 Å². The van der Waals surface area contributed by atoms with Gasteiger partial charge in [0.05, 0.1) is 12.3 Å². The predicted molar refractivity (Wildman–Crippen MR) is 88.7 cm³/mol. The van der Waals surface area contributed by atoms with Crippen LogP contribution >= 0.6 is 11.6 Å². The lowest BCUT2D eigenvalue weighted by atomic mass is 10.1. The number of nitrogens with one attached hydrogen (secondary N) is 1. The highest BCUT2D eigenvalue weighted by Crippen LogP contribution is 2.13. The number of hydrogen-bond acceptors (Lipinski definition) is 3. The third-order valence-electron chi connectivity index (χ3n) is 3.01. The number of nitrogens with zero attached hydrogens (tertiary/aromatic N) is 1. The Morgan fingerprint density at radius 3 is 2.27 bits per heavy atom. The van der Waals surface area contributed by atoms with Gasteiger partial charge in [0.25, 0.3) is 5.91 Å². The van der Waals surface area contributed by atoms with E-state index in [1.807, 2.05) is 38.1 Å². The lowest BCUT2D eigenvalue weighted by Gasteiger charge is -2.05. The summed E-state index contributed by atoms with van der Waals surface area (Å²) < 4.78 is 5.39. The van der Waals surface area contributed by atoms with Crippen LogP contribution in [-0.4, -0.2) is 18.2 Å². The summed E-state index contributed by atoms with van der Waals surface area (Å²) in [5.74, 6) is 0.534.